The smallest absolute Gasteiger partial charge is 0.239 e. The fraction of sp³-hybridized carbons (Fsp3) is 0.667. The molecule has 0 N–H and O–H groups in total. The normalized spacial score (nSPS) is 11.1. The first-order valence-electron chi connectivity index (χ1n) is 8.58. The average molecular weight is 323 g/mol. The maximum atomic E-state index is 5.32. The molecular weight excluding hydrogens is 290 g/mol. The molecule has 5 heteroatoms. The first-order chi connectivity index (χ1) is 11.2. The first-order valence-corrected chi connectivity index (χ1v) is 8.58. The Balaban J connectivity index is 0.00000112. The van der Waals surface area contributed by atoms with Gasteiger partial charge in [-0.25, -0.2) is 9.97 Å². The quantitative estimate of drug-likeness (QED) is 0.777. The Kier molecular flexibility index (Phi) is 11.0. The number of imidazole rings is 1. The average Bonchev–Trinajstić information content (AvgIpc) is 3.02. The van der Waals surface area contributed by atoms with Gasteiger partial charge in [-0.05, 0) is 19.8 Å². The molecule has 1 unspecified atom stereocenters. The molecule has 0 aliphatic rings. The lowest BCUT2D eigenvalue weighted by molar-refractivity contribution is 0.186. The third kappa shape index (κ3) is 5.50. The van der Waals surface area contributed by atoms with Gasteiger partial charge in [0.2, 0.25) is 5.88 Å². The number of fused-ring (bicyclic) bond motifs is 1. The lowest BCUT2D eigenvalue weighted by atomic mass is 10.0. The highest BCUT2D eigenvalue weighted by Crippen LogP contribution is 2.26. The highest BCUT2D eigenvalue weighted by atomic mass is 16.5. The molecule has 2 aromatic heterocycles. The zero-order valence-corrected chi connectivity index (χ0v) is 16.0. The molecule has 0 saturated carbocycles. The highest BCUT2D eigenvalue weighted by molar-refractivity contribution is 5.56. The third-order valence-electron chi connectivity index (χ3n) is 3.36. The van der Waals surface area contributed by atoms with Gasteiger partial charge in [0.15, 0.2) is 0 Å². The topological polar surface area (TPSA) is 48.7 Å². The van der Waals surface area contributed by atoms with Crippen LogP contribution in [0.5, 0.6) is 5.88 Å². The van der Waals surface area contributed by atoms with E-state index in [0.717, 1.165) is 36.5 Å². The summed E-state index contributed by atoms with van der Waals surface area (Å²) in [4.78, 5) is 8.93. The molecule has 0 aromatic carbocycles. The van der Waals surface area contributed by atoms with E-state index < -0.39 is 0 Å². The van der Waals surface area contributed by atoms with Crippen molar-refractivity contribution < 1.29 is 9.47 Å². The SMILES string of the molecule is CC.CC.CCC(CCOC)c1ncc2c(OC)nc(C)cn12. The van der Waals surface area contributed by atoms with E-state index in [9.17, 15) is 0 Å². The minimum absolute atomic E-state index is 0.383. The summed E-state index contributed by atoms with van der Waals surface area (Å²) >= 11 is 0. The largest absolute Gasteiger partial charge is 0.479 e. The van der Waals surface area contributed by atoms with Crippen molar-refractivity contribution in [3.05, 3.63) is 23.9 Å². The van der Waals surface area contributed by atoms with Gasteiger partial charge >= 0.3 is 0 Å². The van der Waals surface area contributed by atoms with E-state index in [1.807, 2.05) is 47.0 Å². The minimum atomic E-state index is 0.383. The van der Waals surface area contributed by atoms with E-state index in [1.165, 1.54) is 0 Å². The standard InChI is InChI=1S/C14H21N3O2.2C2H6/c1-5-11(6-7-18-3)13-15-8-12-14(19-4)16-10(2)9-17(12)13;2*1-2/h8-9,11H,5-7H2,1-4H3;2*1-2H3. The Morgan fingerprint density at radius 1 is 1.17 bits per heavy atom. The van der Waals surface area contributed by atoms with E-state index in [2.05, 4.69) is 21.3 Å². The van der Waals surface area contributed by atoms with Crippen LogP contribution in [0.2, 0.25) is 0 Å². The van der Waals surface area contributed by atoms with Gasteiger partial charge in [-0.1, -0.05) is 34.6 Å². The Morgan fingerprint density at radius 3 is 2.35 bits per heavy atom. The molecule has 23 heavy (non-hydrogen) atoms. The molecule has 0 saturated heterocycles. The van der Waals surface area contributed by atoms with Crippen LogP contribution in [0.4, 0.5) is 0 Å². The van der Waals surface area contributed by atoms with Gasteiger partial charge in [-0.3, -0.25) is 4.40 Å². The summed E-state index contributed by atoms with van der Waals surface area (Å²) in [6.07, 6.45) is 5.84. The number of nitrogens with zero attached hydrogens (tertiary/aromatic N) is 3. The van der Waals surface area contributed by atoms with E-state index >= 15 is 0 Å². The first kappa shape index (κ1) is 21.4. The molecule has 0 spiro atoms. The molecular formula is C18H33N3O2. The van der Waals surface area contributed by atoms with E-state index in [-0.39, 0.29) is 0 Å². The number of hydrogen-bond donors (Lipinski definition) is 0. The molecule has 2 aromatic rings. The Hall–Kier alpha value is -1.62. The second-order valence-electron chi connectivity index (χ2n) is 4.65. The predicted octanol–water partition coefficient (Wildman–Crippen LogP) is 4.63. The Bertz CT molecular complexity index is 552. The molecule has 0 aliphatic heterocycles. The van der Waals surface area contributed by atoms with Gasteiger partial charge in [0.1, 0.15) is 11.3 Å². The van der Waals surface area contributed by atoms with Crippen molar-refractivity contribution in [1.29, 1.82) is 0 Å². The van der Waals surface area contributed by atoms with Gasteiger partial charge in [0.25, 0.3) is 0 Å². The van der Waals surface area contributed by atoms with Crippen LogP contribution in [0.1, 0.15) is 64.9 Å². The van der Waals surface area contributed by atoms with Crippen LogP contribution in [-0.2, 0) is 4.74 Å². The van der Waals surface area contributed by atoms with Crippen LogP contribution in [0, 0.1) is 6.92 Å². The molecule has 0 fully saturated rings. The van der Waals surface area contributed by atoms with Crippen molar-refractivity contribution in [2.45, 2.75) is 60.3 Å². The lowest BCUT2D eigenvalue weighted by Gasteiger charge is -2.14. The summed E-state index contributed by atoms with van der Waals surface area (Å²) in [6.45, 7) is 12.9. The van der Waals surface area contributed by atoms with Crippen molar-refractivity contribution in [1.82, 2.24) is 14.4 Å². The maximum absolute atomic E-state index is 5.32. The molecule has 0 amide bonds. The van der Waals surface area contributed by atoms with E-state index in [1.54, 1.807) is 14.2 Å². The van der Waals surface area contributed by atoms with Crippen LogP contribution in [0.25, 0.3) is 5.52 Å². The second kappa shape index (κ2) is 11.9. The van der Waals surface area contributed by atoms with Crippen molar-refractivity contribution >= 4 is 5.52 Å². The molecule has 132 valence electrons. The summed E-state index contributed by atoms with van der Waals surface area (Å²) in [5.41, 5.74) is 1.84. The molecule has 2 heterocycles. The molecule has 5 nitrogen and oxygen atoms in total. The zero-order chi connectivity index (χ0) is 17.8. The molecule has 1 atom stereocenters. The van der Waals surface area contributed by atoms with Crippen molar-refractivity contribution in [3.63, 3.8) is 0 Å². The summed E-state index contributed by atoms with van der Waals surface area (Å²) < 4.78 is 12.6. The fourth-order valence-corrected chi connectivity index (χ4v) is 2.33. The molecule has 0 aliphatic carbocycles. The summed E-state index contributed by atoms with van der Waals surface area (Å²) in [5, 5.41) is 0. The maximum Gasteiger partial charge on any atom is 0.239 e. The molecule has 0 bridgehead atoms. The van der Waals surface area contributed by atoms with Crippen molar-refractivity contribution in [3.8, 4) is 5.88 Å². The van der Waals surface area contributed by atoms with Crippen LogP contribution in [0.15, 0.2) is 12.4 Å². The number of methoxy groups -OCH3 is 2. The van der Waals surface area contributed by atoms with Gasteiger partial charge in [0, 0.05) is 25.8 Å². The number of rotatable bonds is 6. The second-order valence-corrected chi connectivity index (χ2v) is 4.65. The lowest BCUT2D eigenvalue weighted by Crippen LogP contribution is -2.07. The highest BCUT2D eigenvalue weighted by Gasteiger charge is 2.17. The fourth-order valence-electron chi connectivity index (χ4n) is 2.33. The van der Waals surface area contributed by atoms with Gasteiger partial charge in [0.05, 0.1) is 19.0 Å². The summed E-state index contributed by atoms with van der Waals surface area (Å²) in [5.74, 6) is 2.06. The van der Waals surface area contributed by atoms with Gasteiger partial charge in [-0.2, -0.15) is 0 Å². The number of ether oxygens (including phenoxy) is 2. The third-order valence-corrected chi connectivity index (χ3v) is 3.36. The van der Waals surface area contributed by atoms with Gasteiger partial charge in [-0.15, -0.1) is 0 Å². The van der Waals surface area contributed by atoms with Gasteiger partial charge < -0.3 is 9.47 Å². The van der Waals surface area contributed by atoms with Crippen LogP contribution < -0.4 is 4.74 Å². The summed E-state index contributed by atoms with van der Waals surface area (Å²) in [6, 6.07) is 0. The Labute approximate surface area is 141 Å². The van der Waals surface area contributed by atoms with Crippen LogP contribution in [0.3, 0.4) is 0 Å². The van der Waals surface area contributed by atoms with E-state index in [4.69, 9.17) is 9.47 Å². The van der Waals surface area contributed by atoms with E-state index in [0.29, 0.717) is 11.8 Å². The molecule has 0 radical (unpaired) electrons. The number of hydrogen-bond acceptors (Lipinski definition) is 4. The monoisotopic (exact) mass is 323 g/mol. The minimum Gasteiger partial charge on any atom is -0.479 e. The summed E-state index contributed by atoms with van der Waals surface area (Å²) in [7, 11) is 3.37. The van der Waals surface area contributed by atoms with Crippen molar-refractivity contribution in [2.24, 2.45) is 0 Å². The van der Waals surface area contributed by atoms with Crippen molar-refractivity contribution in [2.75, 3.05) is 20.8 Å². The number of aromatic nitrogens is 3. The van der Waals surface area contributed by atoms with Crippen LogP contribution in [-0.4, -0.2) is 35.2 Å². The number of aryl methyl sites for hydroxylation is 1. The Morgan fingerprint density at radius 2 is 1.83 bits per heavy atom. The van der Waals surface area contributed by atoms with Crippen LogP contribution >= 0.6 is 0 Å². The predicted molar refractivity (Wildman–Crippen MR) is 96.5 cm³/mol. The zero-order valence-electron chi connectivity index (χ0n) is 16.0. The molecule has 2 rings (SSSR count).